The van der Waals surface area contributed by atoms with Crippen LogP contribution >= 0.6 is 11.8 Å². The first-order valence-corrected chi connectivity index (χ1v) is 13.3. The molecule has 2 aromatic heterocycles. The molecule has 2 amide bonds. The Morgan fingerprint density at radius 3 is 2.61 bits per heavy atom. The van der Waals surface area contributed by atoms with Crippen LogP contribution in [0, 0.1) is 6.92 Å². The Kier molecular flexibility index (Phi) is 7.16. The average Bonchev–Trinajstić information content (AvgIpc) is 3.47. The summed E-state index contributed by atoms with van der Waals surface area (Å²) in [5, 5.41) is 8.02. The highest BCUT2D eigenvalue weighted by Crippen LogP contribution is 2.38. The Bertz CT molecular complexity index is 1330. The number of amides is 2. The first kappa shape index (κ1) is 24.2. The number of ether oxygens (including phenoxy) is 1. The monoisotopic (exact) mass is 501 g/mol. The zero-order valence-electron chi connectivity index (χ0n) is 20.8. The van der Waals surface area contributed by atoms with Crippen LogP contribution in [-0.4, -0.2) is 51.8 Å². The van der Waals surface area contributed by atoms with Crippen molar-refractivity contribution in [3.63, 3.8) is 0 Å². The number of carbonyl (C=O) groups is 1. The van der Waals surface area contributed by atoms with Crippen molar-refractivity contribution >= 4 is 17.8 Å². The fraction of sp³-hybridized carbons (Fsp3) is 0.286. The predicted octanol–water partition coefficient (Wildman–Crippen LogP) is 5.34. The third-order valence-corrected chi connectivity index (χ3v) is 7.32. The number of carbonyl (C=O) groups excluding carboxylic acids is 1. The number of aromatic nitrogens is 3. The Morgan fingerprint density at radius 2 is 1.89 bits per heavy atom. The van der Waals surface area contributed by atoms with Crippen molar-refractivity contribution in [2.75, 3.05) is 26.5 Å². The van der Waals surface area contributed by atoms with Gasteiger partial charge in [-0.15, -0.1) is 11.8 Å². The van der Waals surface area contributed by atoms with Gasteiger partial charge in [-0.25, -0.2) is 9.48 Å². The number of thioether (sulfide) groups is 1. The number of aryl methyl sites for hydroxylation is 1. The van der Waals surface area contributed by atoms with Crippen molar-refractivity contribution < 1.29 is 9.53 Å². The van der Waals surface area contributed by atoms with Gasteiger partial charge in [0.25, 0.3) is 0 Å². The minimum atomic E-state index is -0.255. The molecule has 0 radical (unpaired) electrons. The molecule has 2 aromatic carbocycles. The summed E-state index contributed by atoms with van der Waals surface area (Å²) in [6, 6.07) is 22.4. The van der Waals surface area contributed by atoms with Gasteiger partial charge in [0.05, 0.1) is 29.7 Å². The maximum Gasteiger partial charge on any atom is 0.318 e. The quantitative estimate of drug-likeness (QED) is 0.274. The van der Waals surface area contributed by atoms with E-state index in [0.717, 1.165) is 40.4 Å². The molecule has 1 N–H and O–H groups in total. The van der Waals surface area contributed by atoms with Crippen LogP contribution in [-0.2, 0) is 11.3 Å². The second-order valence-corrected chi connectivity index (χ2v) is 9.70. The summed E-state index contributed by atoms with van der Waals surface area (Å²) < 4.78 is 9.34. The van der Waals surface area contributed by atoms with Crippen molar-refractivity contribution in [1.82, 2.24) is 24.6 Å². The van der Waals surface area contributed by atoms with E-state index >= 15 is 0 Å². The van der Waals surface area contributed by atoms with Gasteiger partial charge in [-0.3, -0.25) is 0 Å². The van der Waals surface area contributed by atoms with E-state index in [9.17, 15) is 4.79 Å². The zero-order valence-corrected chi connectivity index (χ0v) is 21.7. The summed E-state index contributed by atoms with van der Waals surface area (Å²) in [4.78, 5) is 16.8. The van der Waals surface area contributed by atoms with E-state index in [-0.39, 0.29) is 12.1 Å². The molecule has 1 aliphatic heterocycles. The number of nitrogens with one attached hydrogen (secondary N) is 1. The number of para-hydroxylation sites is 1. The van der Waals surface area contributed by atoms with Gasteiger partial charge in [0.15, 0.2) is 0 Å². The smallest absolute Gasteiger partial charge is 0.318 e. The third-order valence-electron chi connectivity index (χ3n) is 6.58. The average molecular weight is 502 g/mol. The normalized spacial score (nSPS) is 14.8. The van der Waals surface area contributed by atoms with E-state index in [0.29, 0.717) is 19.7 Å². The molecule has 1 atom stereocenters. The van der Waals surface area contributed by atoms with E-state index < -0.39 is 0 Å². The number of urea groups is 1. The topological polar surface area (TPSA) is 64.3 Å². The fourth-order valence-corrected chi connectivity index (χ4v) is 5.21. The summed E-state index contributed by atoms with van der Waals surface area (Å²) in [7, 11) is 1.67. The standard InChI is InChI=1S/C28H31N5O2S/c1-20-24-19-32(28(34)29-16-8-18-35-2)26(21-12-14-23(36-3)15-13-21)25-11-7-17-31(25)27(24)33(30-20)22-9-5-4-6-10-22/h4-7,9-15,17,26H,8,16,18-19H2,1-3H3,(H,29,34)/t26-/m0/s1. The van der Waals surface area contributed by atoms with Gasteiger partial charge in [-0.1, -0.05) is 30.3 Å². The summed E-state index contributed by atoms with van der Waals surface area (Å²) in [6.07, 6.45) is 4.90. The lowest BCUT2D eigenvalue weighted by molar-refractivity contribution is 0.174. The van der Waals surface area contributed by atoms with Crippen molar-refractivity contribution in [3.05, 3.63) is 95.4 Å². The molecule has 8 heteroatoms. The number of benzene rings is 2. The zero-order chi connectivity index (χ0) is 25.1. The highest BCUT2D eigenvalue weighted by Gasteiger charge is 2.35. The van der Waals surface area contributed by atoms with Gasteiger partial charge in [-0.2, -0.15) is 5.10 Å². The molecule has 0 saturated carbocycles. The van der Waals surface area contributed by atoms with E-state index in [1.807, 2.05) is 40.8 Å². The summed E-state index contributed by atoms with van der Waals surface area (Å²) in [5.74, 6) is 0.971. The van der Waals surface area contributed by atoms with Gasteiger partial charge in [0.2, 0.25) is 0 Å². The van der Waals surface area contributed by atoms with Crippen LogP contribution in [0.4, 0.5) is 4.79 Å². The molecular formula is C28H31N5O2S. The van der Waals surface area contributed by atoms with Gasteiger partial charge < -0.3 is 19.5 Å². The van der Waals surface area contributed by atoms with Crippen LogP contribution in [0.15, 0.2) is 77.8 Å². The second-order valence-electron chi connectivity index (χ2n) is 8.82. The first-order chi connectivity index (χ1) is 17.6. The van der Waals surface area contributed by atoms with Crippen molar-refractivity contribution in [1.29, 1.82) is 0 Å². The lowest BCUT2D eigenvalue weighted by Gasteiger charge is -2.31. The van der Waals surface area contributed by atoms with Gasteiger partial charge in [0.1, 0.15) is 5.82 Å². The third kappa shape index (κ3) is 4.54. The Morgan fingerprint density at radius 1 is 1.11 bits per heavy atom. The molecule has 7 nitrogen and oxygen atoms in total. The summed E-state index contributed by atoms with van der Waals surface area (Å²) in [5.41, 5.74) is 5.02. The van der Waals surface area contributed by atoms with Crippen LogP contribution in [0.1, 0.15) is 35.0 Å². The predicted molar refractivity (Wildman–Crippen MR) is 143 cm³/mol. The molecule has 36 heavy (non-hydrogen) atoms. The summed E-state index contributed by atoms with van der Waals surface area (Å²) >= 11 is 1.71. The number of rotatable bonds is 7. The van der Waals surface area contributed by atoms with E-state index in [4.69, 9.17) is 9.84 Å². The van der Waals surface area contributed by atoms with E-state index in [1.165, 1.54) is 4.90 Å². The molecule has 0 bridgehead atoms. The molecule has 0 fully saturated rings. The molecule has 1 aliphatic rings. The van der Waals surface area contributed by atoms with Crippen LogP contribution < -0.4 is 5.32 Å². The lowest BCUT2D eigenvalue weighted by atomic mass is 10.0. The Labute approximate surface area is 216 Å². The Balaban J connectivity index is 1.64. The highest BCUT2D eigenvalue weighted by molar-refractivity contribution is 7.98. The van der Waals surface area contributed by atoms with Gasteiger partial charge in [-0.05, 0) is 61.6 Å². The van der Waals surface area contributed by atoms with Crippen LogP contribution in [0.25, 0.3) is 11.5 Å². The largest absolute Gasteiger partial charge is 0.385 e. The maximum absolute atomic E-state index is 13.7. The highest BCUT2D eigenvalue weighted by atomic mass is 32.2. The van der Waals surface area contributed by atoms with E-state index in [2.05, 4.69) is 64.8 Å². The Hall–Kier alpha value is -3.49. The van der Waals surface area contributed by atoms with Crippen LogP contribution in [0.5, 0.6) is 0 Å². The van der Waals surface area contributed by atoms with Crippen molar-refractivity contribution in [2.24, 2.45) is 0 Å². The maximum atomic E-state index is 13.7. The molecule has 186 valence electrons. The van der Waals surface area contributed by atoms with Gasteiger partial charge >= 0.3 is 6.03 Å². The molecule has 4 aromatic rings. The second kappa shape index (κ2) is 10.6. The molecule has 5 rings (SSSR count). The molecule has 0 spiro atoms. The minimum absolute atomic E-state index is 0.0995. The van der Waals surface area contributed by atoms with Crippen LogP contribution in [0.2, 0.25) is 0 Å². The molecule has 3 heterocycles. The fourth-order valence-electron chi connectivity index (χ4n) is 4.80. The number of methoxy groups -OCH3 is 1. The number of hydrogen-bond acceptors (Lipinski definition) is 4. The van der Waals surface area contributed by atoms with E-state index in [1.54, 1.807) is 18.9 Å². The first-order valence-electron chi connectivity index (χ1n) is 12.1. The van der Waals surface area contributed by atoms with Crippen molar-refractivity contribution in [3.8, 4) is 11.5 Å². The van der Waals surface area contributed by atoms with Crippen molar-refractivity contribution in [2.45, 2.75) is 30.8 Å². The minimum Gasteiger partial charge on any atom is -0.385 e. The molecule has 0 saturated heterocycles. The van der Waals surface area contributed by atoms with Gasteiger partial charge in [0, 0.05) is 36.9 Å². The summed E-state index contributed by atoms with van der Waals surface area (Å²) in [6.45, 7) is 3.62. The van der Waals surface area contributed by atoms with Crippen LogP contribution in [0.3, 0.4) is 0 Å². The molecule has 0 aliphatic carbocycles. The molecular weight excluding hydrogens is 470 g/mol. The number of hydrogen-bond donors (Lipinski definition) is 1. The SMILES string of the molecule is COCCCNC(=O)N1Cc2c(C)nn(-c3ccccc3)c2-n2cccc2[C@@H]1c1ccc(SC)cc1. The number of nitrogens with zero attached hydrogens (tertiary/aromatic N) is 4. The lowest BCUT2D eigenvalue weighted by Crippen LogP contribution is -2.42. The number of fused-ring (bicyclic) bond motifs is 3. The molecule has 0 unspecified atom stereocenters.